The van der Waals surface area contributed by atoms with Gasteiger partial charge in [-0.1, -0.05) is 47.7 Å². The number of aryl methyl sites for hydroxylation is 2. The highest BCUT2D eigenvalue weighted by molar-refractivity contribution is 8.15. The van der Waals surface area contributed by atoms with Crippen molar-refractivity contribution < 1.29 is 27.5 Å². The summed E-state index contributed by atoms with van der Waals surface area (Å²) in [4.78, 5) is 32.3. The van der Waals surface area contributed by atoms with Crippen LogP contribution in [-0.4, -0.2) is 40.8 Å². The number of anilines is 1. The number of amides is 2. The fourth-order valence-corrected chi connectivity index (χ4v) is 5.25. The van der Waals surface area contributed by atoms with Gasteiger partial charge in [0, 0.05) is 18.7 Å². The van der Waals surface area contributed by atoms with E-state index in [1.54, 1.807) is 13.2 Å². The first kappa shape index (κ1) is 28.2. The molecule has 6 nitrogen and oxygen atoms in total. The van der Waals surface area contributed by atoms with Crippen LogP contribution in [0.5, 0.6) is 5.75 Å². The Bertz CT molecular complexity index is 1390. The molecule has 1 aliphatic heterocycles. The molecule has 0 aliphatic carbocycles. The lowest BCUT2D eigenvalue weighted by atomic mass is 10.1. The molecule has 2 amide bonds. The number of alkyl halides is 3. The van der Waals surface area contributed by atoms with Crippen molar-refractivity contribution in [3.8, 4) is 5.75 Å². The second-order valence-corrected chi connectivity index (χ2v) is 10.4. The first-order valence-corrected chi connectivity index (χ1v) is 13.2. The molecule has 1 aliphatic rings. The first-order valence-electron chi connectivity index (χ1n) is 12.3. The van der Waals surface area contributed by atoms with Crippen LogP contribution in [-0.2, 0) is 22.2 Å². The number of carbonyl (C=O) groups excluding carboxylic acids is 2. The van der Waals surface area contributed by atoms with Crippen LogP contribution in [0.15, 0.2) is 71.7 Å². The number of carbonyl (C=O) groups is 2. The topological polar surface area (TPSA) is 71.0 Å². The van der Waals surface area contributed by atoms with E-state index in [2.05, 4.69) is 10.3 Å². The summed E-state index contributed by atoms with van der Waals surface area (Å²) in [6.07, 6.45) is -4.11. The van der Waals surface area contributed by atoms with Crippen molar-refractivity contribution in [2.45, 2.75) is 38.1 Å². The Morgan fingerprint density at radius 2 is 1.85 bits per heavy atom. The van der Waals surface area contributed by atoms with Crippen LogP contribution in [0.25, 0.3) is 0 Å². The van der Waals surface area contributed by atoms with Crippen molar-refractivity contribution in [3.63, 3.8) is 0 Å². The van der Waals surface area contributed by atoms with Crippen molar-refractivity contribution in [1.82, 2.24) is 4.90 Å². The Morgan fingerprint density at radius 1 is 1.10 bits per heavy atom. The zero-order chi connectivity index (χ0) is 28.2. The third kappa shape index (κ3) is 7.20. The standard InChI is InChI=1S/C29H28F3N3O3S/c1-18-7-12-24(19(2)15-18)34-27(37)25-17-26(36)35(14-13-20-8-10-23(38-3)11-9-20)28(39-25)33-22-6-4-5-21(16-22)29(30,31)32/h4-12,15-16,25H,13-14,17H2,1-3H3,(H,34,37). The molecular formula is C29H28F3N3O3S. The van der Waals surface area contributed by atoms with E-state index in [1.807, 2.05) is 50.2 Å². The highest BCUT2D eigenvalue weighted by Crippen LogP contribution is 2.34. The minimum Gasteiger partial charge on any atom is -0.497 e. The molecule has 204 valence electrons. The zero-order valence-electron chi connectivity index (χ0n) is 21.7. The van der Waals surface area contributed by atoms with Crippen molar-refractivity contribution in [2.24, 2.45) is 4.99 Å². The van der Waals surface area contributed by atoms with Gasteiger partial charge in [0.25, 0.3) is 0 Å². The molecular weight excluding hydrogens is 527 g/mol. The van der Waals surface area contributed by atoms with E-state index in [4.69, 9.17) is 4.74 Å². The summed E-state index contributed by atoms with van der Waals surface area (Å²) in [6, 6.07) is 17.6. The van der Waals surface area contributed by atoms with Gasteiger partial charge in [0.1, 0.15) is 11.0 Å². The Hall–Kier alpha value is -3.79. The quantitative estimate of drug-likeness (QED) is 0.360. The van der Waals surface area contributed by atoms with Gasteiger partial charge in [0.15, 0.2) is 5.17 Å². The van der Waals surface area contributed by atoms with Crippen LogP contribution in [0, 0.1) is 13.8 Å². The van der Waals surface area contributed by atoms with Gasteiger partial charge < -0.3 is 10.1 Å². The molecule has 1 N–H and O–H groups in total. The lowest BCUT2D eigenvalue weighted by molar-refractivity contribution is -0.137. The molecule has 1 heterocycles. The van der Waals surface area contributed by atoms with Crippen molar-refractivity contribution in [2.75, 3.05) is 19.0 Å². The maximum absolute atomic E-state index is 13.3. The van der Waals surface area contributed by atoms with E-state index >= 15 is 0 Å². The summed E-state index contributed by atoms with van der Waals surface area (Å²) in [7, 11) is 1.57. The van der Waals surface area contributed by atoms with E-state index < -0.39 is 17.0 Å². The molecule has 1 unspecified atom stereocenters. The Balaban J connectivity index is 1.60. The smallest absolute Gasteiger partial charge is 0.416 e. The Morgan fingerprint density at radius 3 is 2.51 bits per heavy atom. The molecule has 0 bridgehead atoms. The minimum atomic E-state index is -4.53. The molecule has 1 fully saturated rings. The number of ether oxygens (including phenoxy) is 1. The lowest BCUT2D eigenvalue weighted by Gasteiger charge is -2.32. The molecule has 39 heavy (non-hydrogen) atoms. The number of benzene rings is 3. The average molecular weight is 556 g/mol. The number of nitrogens with one attached hydrogen (secondary N) is 1. The fraction of sp³-hybridized carbons (Fsp3) is 0.276. The summed E-state index contributed by atoms with van der Waals surface area (Å²) < 4.78 is 45.1. The summed E-state index contributed by atoms with van der Waals surface area (Å²) in [6.45, 7) is 4.08. The number of thioether (sulfide) groups is 1. The van der Waals surface area contributed by atoms with Gasteiger partial charge in [-0.2, -0.15) is 13.2 Å². The van der Waals surface area contributed by atoms with Crippen LogP contribution >= 0.6 is 11.8 Å². The predicted molar refractivity (Wildman–Crippen MR) is 147 cm³/mol. The van der Waals surface area contributed by atoms with Crippen LogP contribution in [0.4, 0.5) is 24.5 Å². The number of hydrogen-bond donors (Lipinski definition) is 1. The van der Waals surface area contributed by atoms with Crippen molar-refractivity contribution >= 4 is 40.1 Å². The van der Waals surface area contributed by atoms with Gasteiger partial charge >= 0.3 is 6.18 Å². The molecule has 0 spiro atoms. The summed E-state index contributed by atoms with van der Waals surface area (Å²) in [5.74, 6) is 0.00781. The maximum atomic E-state index is 13.3. The second-order valence-electron chi connectivity index (χ2n) is 9.20. The molecule has 1 atom stereocenters. The van der Waals surface area contributed by atoms with Gasteiger partial charge in [-0.3, -0.25) is 14.5 Å². The predicted octanol–water partition coefficient (Wildman–Crippen LogP) is 6.53. The van der Waals surface area contributed by atoms with Crippen LogP contribution in [0.3, 0.4) is 0 Å². The second kappa shape index (κ2) is 11.9. The summed E-state index contributed by atoms with van der Waals surface area (Å²) in [5, 5.41) is 2.27. The van der Waals surface area contributed by atoms with Crippen LogP contribution in [0.1, 0.15) is 28.7 Å². The number of rotatable bonds is 7. The Labute approximate surface area is 229 Å². The zero-order valence-corrected chi connectivity index (χ0v) is 22.5. The maximum Gasteiger partial charge on any atom is 0.416 e. The number of nitrogens with zero attached hydrogens (tertiary/aromatic N) is 2. The third-order valence-electron chi connectivity index (χ3n) is 6.25. The van der Waals surface area contributed by atoms with E-state index in [-0.39, 0.29) is 35.6 Å². The molecule has 4 rings (SSSR count). The monoisotopic (exact) mass is 555 g/mol. The molecule has 10 heteroatoms. The van der Waals surface area contributed by atoms with E-state index in [0.717, 1.165) is 40.6 Å². The number of methoxy groups -OCH3 is 1. The largest absolute Gasteiger partial charge is 0.497 e. The lowest BCUT2D eigenvalue weighted by Crippen LogP contribution is -2.46. The van der Waals surface area contributed by atoms with Crippen LogP contribution < -0.4 is 10.1 Å². The van der Waals surface area contributed by atoms with E-state index in [0.29, 0.717) is 17.9 Å². The van der Waals surface area contributed by atoms with Gasteiger partial charge in [-0.05, 0) is 67.8 Å². The Kier molecular flexibility index (Phi) is 8.64. The number of hydrogen-bond acceptors (Lipinski definition) is 5. The third-order valence-corrected chi connectivity index (χ3v) is 7.44. The van der Waals surface area contributed by atoms with Gasteiger partial charge in [-0.25, -0.2) is 4.99 Å². The normalized spacial score (nSPS) is 16.9. The average Bonchev–Trinajstić information content (AvgIpc) is 2.89. The molecule has 1 saturated heterocycles. The van der Waals surface area contributed by atoms with Gasteiger partial charge in [0.05, 0.1) is 18.4 Å². The highest BCUT2D eigenvalue weighted by atomic mass is 32.2. The van der Waals surface area contributed by atoms with Crippen LogP contribution in [0.2, 0.25) is 0 Å². The molecule has 0 saturated carbocycles. The summed E-state index contributed by atoms with van der Waals surface area (Å²) in [5.41, 5.74) is 2.72. The van der Waals surface area contributed by atoms with Gasteiger partial charge in [0.2, 0.25) is 11.8 Å². The van der Waals surface area contributed by atoms with Crippen molar-refractivity contribution in [1.29, 1.82) is 0 Å². The number of amidine groups is 1. The number of halogens is 3. The number of aliphatic imine (C=N–C) groups is 1. The highest BCUT2D eigenvalue weighted by Gasteiger charge is 2.36. The summed E-state index contributed by atoms with van der Waals surface area (Å²) >= 11 is 1.07. The first-order chi connectivity index (χ1) is 18.5. The minimum absolute atomic E-state index is 0.0463. The molecule has 0 radical (unpaired) electrons. The fourth-order valence-electron chi connectivity index (χ4n) is 4.12. The molecule has 3 aromatic rings. The van der Waals surface area contributed by atoms with Crippen molar-refractivity contribution in [3.05, 3.63) is 89.0 Å². The molecule has 3 aromatic carbocycles. The SMILES string of the molecule is COc1ccc(CCN2C(=O)CC(C(=O)Nc3ccc(C)cc3C)SC2=Nc2cccc(C(F)(F)F)c2)cc1. The van der Waals surface area contributed by atoms with Gasteiger partial charge in [-0.15, -0.1) is 0 Å². The van der Waals surface area contributed by atoms with E-state index in [1.165, 1.54) is 17.0 Å². The molecule has 0 aromatic heterocycles. The van der Waals surface area contributed by atoms with E-state index in [9.17, 15) is 22.8 Å².